The van der Waals surface area contributed by atoms with E-state index in [-0.39, 0.29) is 18.7 Å². The van der Waals surface area contributed by atoms with Gasteiger partial charge in [0.2, 0.25) is 0 Å². The van der Waals surface area contributed by atoms with E-state index in [1.165, 1.54) is 12.8 Å². The van der Waals surface area contributed by atoms with Crippen molar-refractivity contribution in [1.82, 2.24) is 4.90 Å². The average Bonchev–Trinajstić information content (AvgIpc) is 2.66. The van der Waals surface area contributed by atoms with Crippen molar-refractivity contribution < 1.29 is 5.11 Å². The quantitative estimate of drug-likeness (QED) is 0.723. The van der Waals surface area contributed by atoms with E-state index in [1.54, 1.807) is 0 Å². The van der Waals surface area contributed by atoms with E-state index in [2.05, 4.69) is 25.7 Å². The summed E-state index contributed by atoms with van der Waals surface area (Å²) in [6, 6.07) is 0.277. The summed E-state index contributed by atoms with van der Waals surface area (Å²) >= 11 is 0. The van der Waals surface area contributed by atoms with Crippen LogP contribution >= 0.6 is 0 Å². The number of nitrogens with two attached hydrogens (primary N) is 1. The van der Waals surface area contributed by atoms with Crippen molar-refractivity contribution in [1.29, 1.82) is 0 Å². The normalized spacial score (nSPS) is 26.2. The molecule has 3 atom stereocenters. The molecule has 0 amide bonds. The summed E-state index contributed by atoms with van der Waals surface area (Å²) in [7, 11) is 0. The monoisotopic (exact) mass is 228 g/mol. The van der Waals surface area contributed by atoms with Crippen LogP contribution in [0, 0.1) is 11.8 Å². The second-order valence-corrected chi connectivity index (χ2v) is 5.60. The standard InChI is InChI=1S/C13H28N2O/c1-4-11-5-6-15(8-11)13(9-16)12(14)7-10(2)3/h10-13,16H,4-9,14H2,1-3H3. The van der Waals surface area contributed by atoms with Gasteiger partial charge in [0.15, 0.2) is 0 Å². The van der Waals surface area contributed by atoms with Crippen molar-refractivity contribution >= 4 is 0 Å². The van der Waals surface area contributed by atoms with Crippen LogP contribution in [0.15, 0.2) is 0 Å². The molecule has 0 bridgehead atoms. The van der Waals surface area contributed by atoms with Gasteiger partial charge in [-0.1, -0.05) is 27.2 Å². The third-order valence-electron chi connectivity index (χ3n) is 3.79. The Bertz CT molecular complexity index is 196. The number of aliphatic hydroxyl groups excluding tert-OH is 1. The summed E-state index contributed by atoms with van der Waals surface area (Å²) in [5.41, 5.74) is 6.19. The fraction of sp³-hybridized carbons (Fsp3) is 1.00. The van der Waals surface area contributed by atoms with Gasteiger partial charge in [-0.3, -0.25) is 4.90 Å². The van der Waals surface area contributed by atoms with E-state index in [0.717, 1.165) is 25.4 Å². The minimum Gasteiger partial charge on any atom is -0.395 e. The van der Waals surface area contributed by atoms with E-state index < -0.39 is 0 Å². The Hall–Kier alpha value is -0.120. The van der Waals surface area contributed by atoms with Crippen LogP contribution < -0.4 is 5.73 Å². The number of nitrogens with zero attached hydrogens (tertiary/aromatic N) is 1. The van der Waals surface area contributed by atoms with Crippen molar-refractivity contribution in [3.05, 3.63) is 0 Å². The lowest BCUT2D eigenvalue weighted by molar-refractivity contribution is 0.115. The molecule has 3 heteroatoms. The second kappa shape index (κ2) is 6.58. The van der Waals surface area contributed by atoms with E-state index in [0.29, 0.717) is 5.92 Å². The molecule has 0 aliphatic carbocycles. The maximum absolute atomic E-state index is 9.51. The van der Waals surface area contributed by atoms with E-state index in [1.807, 2.05) is 0 Å². The molecule has 3 nitrogen and oxygen atoms in total. The fourth-order valence-electron chi connectivity index (χ4n) is 2.72. The lowest BCUT2D eigenvalue weighted by Gasteiger charge is -2.32. The Morgan fingerprint density at radius 2 is 2.12 bits per heavy atom. The first-order valence-corrected chi connectivity index (χ1v) is 6.68. The largest absolute Gasteiger partial charge is 0.395 e. The zero-order chi connectivity index (χ0) is 12.1. The van der Waals surface area contributed by atoms with Gasteiger partial charge in [-0.05, 0) is 31.2 Å². The maximum atomic E-state index is 9.51. The molecule has 1 aliphatic rings. The van der Waals surface area contributed by atoms with Crippen molar-refractivity contribution in [3.8, 4) is 0 Å². The number of likely N-dealkylation sites (tertiary alicyclic amines) is 1. The highest BCUT2D eigenvalue weighted by Crippen LogP contribution is 2.23. The highest BCUT2D eigenvalue weighted by atomic mass is 16.3. The van der Waals surface area contributed by atoms with Crippen molar-refractivity contribution in [3.63, 3.8) is 0 Å². The molecule has 1 aliphatic heterocycles. The molecular weight excluding hydrogens is 200 g/mol. The molecule has 1 fully saturated rings. The molecule has 0 aromatic heterocycles. The van der Waals surface area contributed by atoms with E-state index in [9.17, 15) is 5.11 Å². The van der Waals surface area contributed by atoms with Crippen LogP contribution in [0.25, 0.3) is 0 Å². The van der Waals surface area contributed by atoms with Crippen LogP contribution in [0.4, 0.5) is 0 Å². The minimum absolute atomic E-state index is 0.112. The van der Waals surface area contributed by atoms with Crippen LogP contribution in [-0.4, -0.2) is 41.8 Å². The summed E-state index contributed by atoms with van der Waals surface area (Å²) in [5.74, 6) is 1.41. The van der Waals surface area contributed by atoms with Gasteiger partial charge in [-0.25, -0.2) is 0 Å². The minimum atomic E-state index is 0.112. The Kier molecular flexibility index (Phi) is 5.73. The molecule has 3 N–H and O–H groups in total. The fourth-order valence-corrected chi connectivity index (χ4v) is 2.72. The number of rotatable bonds is 6. The van der Waals surface area contributed by atoms with Gasteiger partial charge in [-0.2, -0.15) is 0 Å². The molecule has 1 heterocycles. The van der Waals surface area contributed by atoms with E-state index >= 15 is 0 Å². The smallest absolute Gasteiger partial charge is 0.0601 e. The van der Waals surface area contributed by atoms with Crippen LogP contribution in [0.3, 0.4) is 0 Å². The van der Waals surface area contributed by atoms with Crippen LogP contribution in [0.1, 0.15) is 40.0 Å². The third-order valence-corrected chi connectivity index (χ3v) is 3.79. The van der Waals surface area contributed by atoms with E-state index in [4.69, 9.17) is 5.73 Å². The maximum Gasteiger partial charge on any atom is 0.0601 e. The molecule has 96 valence electrons. The highest BCUT2D eigenvalue weighted by Gasteiger charge is 2.30. The first-order valence-electron chi connectivity index (χ1n) is 6.68. The molecule has 0 saturated carbocycles. The van der Waals surface area contributed by atoms with Crippen LogP contribution in [0.5, 0.6) is 0 Å². The predicted molar refractivity (Wildman–Crippen MR) is 68.3 cm³/mol. The van der Waals surface area contributed by atoms with Gasteiger partial charge in [0.1, 0.15) is 0 Å². The molecule has 16 heavy (non-hydrogen) atoms. The van der Waals surface area contributed by atoms with Gasteiger partial charge in [-0.15, -0.1) is 0 Å². The van der Waals surface area contributed by atoms with Gasteiger partial charge in [0, 0.05) is 18.6 Å². The van der Waals surface area contributed by atoms with Crippen molar-refractivity contribution in [2.45, 2.75) is 52.1 Å². The lowest BCUT2D eigenvalue weighted by Crippen LogP contribution is -2.49. The van der Waals surface area contributed by atoms with Gasteiger partial charge < -0.3 is 10.8 Å². The first kappa shape index (κ1) is 13.9. The predicted octanol–water partition coefficient (Wildman–Crippen LogP) is 1.45. The molecule has 0 aromatic carbocycles. The molecule has 0 aromatic rings. The van der Waals surface area contributed by atoms with Crippen LogP contribution in [0.2, 0.25) is 0 Å². The molecule has 0 radical (unpaired) electrons. The lowest BCUT2D eigenvalue weighted by atomic mass is 9.97. The number of hydrogen-bond donors (Lipinski definition) is 2. The summed E-state index contributed by atoms with van der Waals surface area (Å²) in [6.07, 6.45) is 3.51. The Morgan fingerprint density at radius 1 is 1.44 bits per heavy atom. The van der Waals surface area contributed by atoms with Gasteiger partial charge in [0.05, 0.1) is 6.61 Å². The summed E-state index contributed by atoms with van der Waals surface area (Å²) in [4.78, 5) is 2.39. The summed E-state index contributed by atoms with van der Waals surface area (Å²) in [5, 5.41) is 9.51. The SMILES string of the molecule is CCC1CCN(C(CO)C(N)CC(C)C)C1. The molecule has 1 rings (SSSR count). The topological polar surface area (TPSA) is 49.5 Å². The first-order chi connectivity index (χ1) is 7.58. The zero-order valence-electron chi connectivity index (χ0n) is 11.0. The number of aliphatic hydroxyl groups is 1. The Labute approximate surface area is 100 Å². The Morgan fingerprint density at radius 3 is 2.56 bits per heavy atom. The molecule has 3 unspecified atom stereocenters. The Balaban J connectivity index is 2.47. The van der Waals surface area contributed by atoms with Crippen molar-refractivity contribution in [2.75, 3.05) is 19.7 Å². The summed E-state index contributed by atoms with van der Waals surface area (Å²) in [6.45, 7) is 9.05. The van der Waals surface area contributed by atoms with Crippen LogP contribution in [-0.2, 0) is 0 Å². The third kappa shape index (κ3) is 3.72. The van der Waals surface area contributed by atoms with Gasteiger partial charge in [0.25, 0.3) is 0 Å². The van der Waals surface area contributed by atoms with Gasteiger partial charge >= 0.3 is 0 Å². The highest BCUT2D eigenvalue weighted by molar-refractivity contribution is 4.87. The zero-order valence-corrected chi connectivity index (χ0v) is 11.0. The molecule has 1 saturated heterocycles. The molecule has 0 spiro atoms. The molecular formula is C13H28N2O. The van der Waals surface area contributed by atoms with Crippen molar-refractivity contribution in [2.24, 2.45) is 17.6 Å². The summed E-state index contributed by atoms with van der Waals surface area (Å²) < 4.78 is 0. The number of hydrogen-bond acceptors (Lipinski definition) is 3. The second-order valence-electron chi connectivity index (χ2n) is 5.60. The average molecular weight is 228 g/mol.